The quantitative estimate of drug-likeness (QED) is 0.796. The van der Waals surface area contributed by atoms with Gasteiger partial charge in [-0.2, -0.15) is 0 Å². The first-order valence-corrected chi connectivity index (χ1v) is 5.12. The molecule has 1 aromatic rings. The molecule has 4 nitrogen and oxygen atoms in total. The zero-order valence-electron chi connectivity index (χ0n) is 9.74. The first-order valence-electron chi connectivity index (χ1n) is 5.12. The third-order valence-electron chi connectivity index (χ3n) is 2.34. The number of phenols is 1. The van der Waals surface area contributed by atoms with Crippen LogP contribution in [-0.2, 0) is 11.2 Å². The zero-order valence-corrected chi connectivity index (χ0v) is 9.74. The Bertz CT molecular complexity index is 385. The van der Waals surface area contributed by atoms with Gasteiger partial charge in [-0.25, -0.2) is 4.79 Å². The summed E-state index contributed by atoms with van der Waals surface area (Å²) < 4.78 is 9.67. The molecule has 0 aliphatic carbocycles. The molecule has 0 aliphatic heterocycles. The van der Waals surface area contributed by atoms with Gasteiger partial charge in [-0.05, 0) is 18.1 Å². The van der Waals surface area contributed by atoms with E-state index in [1.165, 1.54) is 14.2 Å². The van der Waals surface area contributed by atoms with E-state index in [1.54, 1.807) is 12.1 Å². The van der Waals surface area contributed by atoms with E-state index in [0.29, 0.717) is 5.75 Å². The molecular formula is C12H16O4. The Morgan fingerprint density at radius 1 is 1.38 bits per heavy atom. The molecule has 0 saturated carbocycles. The summed E-state index contributed by atoms with van der Waals surface area (Å²) in [4.78, 5) is 11.3. The van der Waals surface area contributed by atoms with Gasteiger partial charge >= 0.3 is 5.97 Å². The minimum absolute atomic E-state index is 0.124. The maximum atomic E-state index is 11.3. The van der Waals surface area contributed by atoms with E-state index in [4.69, 9.17) is 4.74 Å². The van der Waals surface area contributed by atoms with Crippen LogP contribution in [0.3, 0.4) is 0 Å². The number of phenolic OH excluding ortho intramolecular Hbond substituents is 1. The lowest BCUT2D eigenvalue weighted by Gasteiger charge is -2.12. The highest BCUT2D eigenvalue weighted by Gasteiger charge is 2.18. The van der Waals surface area contributed by atoms with Crippen LogP contribution in [0.1, 0.15) is 29.3 Å². The fourth-order valence-corrected chi connectivity index (χ4v) is 1.58. The molecule has 1 N–H and O–H groups in total. The largest absolute Gasteiger partial charge is 0.504 e. The van der Waals surface area contributed by atoms with Gasteiger partial charge in [-0.15, -0.1) is 0 Å². The summed E-state index contributed by atoms with van der Waals surface area (Å²) in [7, 11) is 2.74. The molecular weight excluding hydrogens is 208 g/mol. The number of benzene rings is 1. The molecule has 4 heteroatoms. The lowest BCUT2D eigenvalue weighted by atomic mass is 10.0. The third-order valence-corrected chi connectivity index (χ3v) is 2.34. The Labute approximate surface area is 94.8 Å². The topological polar surface area (TPSA) is 55.8 Å². The molecule has 0 saturated heterocycles. The molecule has 0 unspecified atom stereocenters. The number of methoxy groups -OCH3 is 2. The second-order valence-electron chi connectivity index (χ2n) is 3.40. The summed E-state index contributed by atoms with van der Waals surface area (Å²) in [5.41, 5.74) is 1.01. The van der Waals surface area contributed by atoms with Crippen molar-refractivity contribution in [3.63, 3.8) is 0 Å². The number of hydrogen-bond donors (Lipinski definition) is 1. The van der Waals surface area contributed by atoms with Crippen molar-refractivity contribution in [3.8, 4) is 11.5 Å². The van der Waals surface area contributed by atoms with Crippen LogP contribution in [-0.4, -0.2) is 25.3 Å². The van der Waals surface area contributed by atoms with Crippen molar-refractivity contribution in [2.24, 2.45) is 0 Å². The molecule has 0 amide bonds. The molecule has 0 aliphatic rings. The van der Waals surface area contributed by atoms with Gasteiger partial charge in [-0.1, -0.05) is 19.4 Å². The average molecular weight is 224 g/mol. The molecule has 88 valence electrons. The minimum atomic E-state index is -0.571. The average Bonchev–Trinajstić information content (AvgIpc) is 2.29. The van der Waals surface area contributed by atoms with Crippen molar-refractivity contribution >= 4 is 5.97 Å². The molecule has 0 radical (unpaired) electrons. The van der Waals surface area contributed by atoms with Crippen LogP contribution in [0.2, 0.25) is 0 Å². The molecule has 1 rings (SSSR count). The summed E-state index contributed by atoms with van der Waals surface area (Å²) >= 11 is 0. The first kappa shape index (κ1) is 12.4. The molecule has 0 aromatic heterocycles. The highest BCUT2D eigenvalue weighted by atomic mass is 16.5. The van der Waals surface area contributed by atoms with Crippen molar-refractivity contribution in [1.29, 1.82) is 0 Å². The monoisotopic (exact) mass is 224 g/mol. The summed E-state index contributed by atoms with van der Waals surface area (Å²) in [5, 5.41) is 9.87. The van der Waals surface area contributed by atoms with E-state index in [1.807, 2.05) is 6.92 Å². The molecule has 1 aromatic carbocycles. The molecule has 0 spiro atoms. The van der Waals surface area contributed by atoms with Crippen molar-refractivity contribution in [1.82, 2.24) is 0 Å². The molecule has 0 fully saturated rings. The number of aryl methyl sites for hydroxylation is 1. The second kappa shape index (κ2) is 5.39. The van der Waals surface area contributed by atoms with Gasteiger partial charge in [-0.3, -0.25) is 0 Å². The van der Waals surface area contributed by atoms with E-state index in [0.717, 1.165) is 18.4 Å². The Hall–Kier alpha value is -1.71. The van der Waals surface area contributed by atoms with Gasteiger partial charge in [0.2, 0.25) is 0 Å². The van der Waals surface area contributed by atoms with Gasteiger partial charge < -0.3 is 14.6 Å². The summed E-state index contributed by atoms with van der Waals surface area (Å²) in [6.45, 7) is 2.03. The fraction of sp³-hybridized carbons (Fsp3) is 0.417. The summed E-state index contributed by atoms with van der Waals surface area (Å²) in [5.74, 6) is -0.371. The van der Waals surface area contributed by atoms with E-state index >= 15 is 0 Å². The number of ether oxygens (including phenoxy) is 2. The van der Waals surface area contributed by atoms with Crippen molar-refractivity contribution in [3.05, 3.63) is 23.3 Å². The minimum Gasteiger partial charge on any atom is -0.504 e. The number of aromatic hydroxyl groups is 1. The Morgan fingerprint density at radius 3 is 2.56 bits per heavy atom. The lowest BCUT2D eigenvalue weighted by molar-refractivity contribution is 0.0596. The first-order chi connectivity index (χ1) is 7.65. The van der Waals surface area contributed by atoms with Crippen LogP contribution < -0.4 is 4.74 Å². The van der Waals surface area contributed by atoms with Crippen molar-refractivity contribution in [2.45, 2.75) is 19.8 Å². The van der Waals surface area contributed by atoms with Crippen LogP contribution in [0.25, 0.3) is 0 Å². The van der Waals surface area contributed by atoms with Gasteiger partial charge in [0.05, 0.1) is 14.2 Å². The van der Waals surface area contributed by atoms with E-state index in [-0.39, 0.29) is 11.3 Å². The number of rotatable bonds is 4. The lowest BCUT2D eigenvalue weighted by Crippen LogP contribution is -2.04. The maximum absolute atomic E-state index is 11.3. The van der Waals surface area contributed by atoms with E-state index in [9.17, 15) is 9.90 Å². The normalized spacial score (nSPS) is 9.94. The second-order valence-corrected chi connectivity index (χ2v) is 3.40. The smallest absolute Gasteiger partial charge is 0.341 e. The Balaban J connectivity index is 3.22. The molecule has 16 heavy (non-hydrogen) atoms. The molecule has 0 bridgehead atoms. The van der Waals surface area contributed by atoms with Gasteiger partial charge in [0.25, 0.3) is 0 Å². The van der Waals surface area contributed by atoms with Gasteiger partial charge in [0.15, 0.2) is 11.5 Å². The summed E-state index contributed by atoms with van der Waals surface area (Å²) in [6.07, 6.45) is 1.73. The van der Waals surface area contributed by atoms with Crippen molar-refractivity contribution < 1.29 is 19.4 Å². The predicted octanol–water partition coefficient (Wildman–Crippen LogP) is 2.14. The van der Waals surface area contributed by atoms with Crippen LogP contribution in [0, 0.1) is 0 Å². The standard InChI is InChI=1S/C12H16O4/c1-4-5-8-6-7-9(12(14)16-3)10(13)11(8)15-2/h6-7,13H,4-5H2,1-3H3. The maximum Gasteiger partial charge on any atom is 0.341 e. The Morgan fingerprint density at radius 2 is 2.06 bits per heavy atom. The van der Waals surface area contributed by atoms with Gasteiger partial charge in [0, 0.05) is 0 Å². The molecule has 0 atom stereocenters. The van der Waals surface area contributed by atoms with E-state index in [2.05, 4.69) is 4.74 Å². The fourth-order valence-electron chi connectivity index (χ4n) is 1.58. The van der Waals surface area contributed by atoms with Crippen LogP contribution in [0.15, 0.2) is 12.1 Å². The SMILES string of the molecule is CCCc1ccc(C(=O)OC)c(O)c1OC. The van der Waals surface area contributed by atoms with E-state index < -0.39 is 5.97 Å². The molecule has 0 heterocycles. The Kier molecular flexibility index (Phi) is 4.17. The summed E-state index contributed by atoms with van der Waals surface area (Å²) in [6, 6.07) is 3.32. The van der Waals surface area contributed by atoms with Crippen LogP contribution >= 0.6 is 0 Å². The number of carbonyl (C=O) groups is 1. The van der Waals surface area contributed by atoms with Crippen LogP contribution in [0.4, 0.5) is 0 Å². The predicted molar refractivity (Wildman–Crippen MR) is 60.0 cm³/mol. The third kappa shape index (κ3) is 2.27. The van der Waals surface area contributed by atoms with Crippen LogP contribution in [0.5, 0.6) is 11.5 Å². The number of esters is 1. The number of hydrogen-bond acceptors (Lipinski definition) is 4. The van der Waals surface area contributed by atoms with Crippen molar-refractivity contribution in [2.75, 3.05) is 14.2 Å². The van der Waals surface area contributed by atoms with Gasteiger partial charge in [0.1, 0.15) is 5.56 Å². The highest BCUT2D eigenvalue weighted by Crippen LogP contribution is 2.34. The number of carbonyl (C=O) groups excluding carboxylic acids is 1. The highest BCUT2D eigenvalue weighted by molar-refractivity contribution is 5.93. The zero-order chi connectivity index (χ0) is 12.1.